The van der Waals surface area contributed by atoms with Crippen LogP contribution in [-0.4, -0.2) is 69.8 Å². The fourth-order valence-electron chi connectivity index (χ4n) is 3.10. The third-order valence-electron chi connectivity index (χ3n) is 4.74. The number of H-pyrrole nitrogens is 1. The summed E-state index contributed by atoms with van der Waals surface area (Å²) >= 11 is 0.811. The summed E-state index contributed by atoms with van der Waals surface area (Å²) in [6.45, 7) is 1.50. The number of aromatic nitrogens is 4. The molecule has 34 heavy (non-hydrogen) atoms. The van der Waals surface area contributed by atoms with Gasteiger partial charge >= 0.3 is 0 Å². The molecular weight excluding hydrogens is 458 g/mol. The van der Waals surface area contributed by atoms with Crippen molar-refractivity contribution in [1.82, 2.24) is 30.2 Å². The van der Waals surface area contributed by atoms with Crippen LogP contribution in [0.5, 0.6) is 5.88 Å². The Morgan fingerprint density at radius 3 is 2.74 bits per heavy atom. The number of imide groups is 1. The second-order valence-corrected chi connectivity index (χ2v) is 8.68. The molecule has 1 fully saturated rings. The van der Waals surface area contributed by atoms with Gasteiger partial charge in [0.1, 0.15) is 12.4 Å². The van der Waals surface area contributed by atoms with Gasteiger partial charge in [-0.25, -0.2) is 9.97 Å². The molecule has 3 N–H and O–H groups in total. The molecule has 3 heterocycles. The number of aromatic amines is 1. The highest BCUT2D eigenvalue weighted by Gasteiger charge is 2.25. The first-order chi connectivity index (χ1) is 16.4. The van der Waals surface area contributed by atoms with Crippen LogP contribution in [0.2, 0.25) is 0 Å². The first-order valence-corrected chi connectivity index (χ1v) is 11.3. The Kier molecular flexibility index (Phi) is 7.18. The Bertz CT molecular complexity index is 1320. The second kappa shape index (κ2) is 10.4. The SMILES string of the molecule is CN(C)CCOc1cc(/C=C2\SC(=O)NC2=O)nc(NCCc2nc3ccccc3c(=O)[nH]2)n1. The predicted octanol–water partition coefficient (Wildman–Crippen LogP) is 1.63. The number of para-hydroxylation sites is 1. The standard InChI is InChI=1S/C22H23N7O4S/c1-29(2)9-10-33-18-12-13(11-16-20(31)28-22(32)34-16)24-21(27-18)23-8-7-17-25-15-6-4-3-5-14(15)19(30)26-17/h3-6,11-12H,7-10H2,1-2H3,(H,23,24,27)(H,25,26,30)(H,28,31,32)/b16-11-. The minimum atomic E-state index is -0.468. The van der Waals surface area contributed by atoms with Crippen molar-refractivity contribution in [2.24, 2.45) is 0 Å². The zero-order valence-corrected chi connectivity index (χ0v) is 19.4. The predicted molar refractivity (Wildman–Crippen MR) is 130 cm³/mol. The van der Waals surface area contributed by atoms with Crippen LogP contribution >= 0.6 is 11.8 Å². The van der Waals surface area contributed by atoms with Gasteiger partial charge in [-0.05, 0) is 44.1 Å². The van der Waals surface area contributed by atoms with E-state index in [1.165, 1.54) is 6.08 Å². The molecular formula is C22H23N7O4S. The molecule has 2 aromatic heterocycles. The quantitative estimate of drug-likeness (QED) is 0.386. The van der Waals surface area contributed by atoms with Crippen molar-refractivity contribution in [2.75, 3.05) is 39.1 Å². The molecule has 0 atom stereocenters. The van der Waals surface area contributed by atoms with Crippen molar-refractivity contribution < 1.29 is 14.3 Å². The summed E-state index contributed by atoms with van der Waals surface area (Å²) < 4.78 is 5.74. The lowest BCUT2D eigenvalue weighted by atomic mass is 10.2. The maximum Gasteiger partial charge on any atom is 0.290 e. The van der Waals surface area contributed by atoms with Crippen LogP contribution in [0.3, 0.4) is 0 Å². The van der Waals surface area contributed by atoms with Gasteiger partial charge in [-0.1, -0.05) is 12.1 Å². The Balaban J connectivity index is 1.50. The molecule has 3 aromatic rings. The fourth-order valence-corrected chi connectivity index (χ4v) is 3.77. The van der Waals surface area contributed by atoms with Crippen LogP contribution in [0.1, 0.15) is 11.5 Å². The molecule has 0 spiro atoms. The van der Waals surface area contributed by atoms with Gasteiger partial charge < -0.3 is 19.9 Å². The Morgan fingerprint density at radius 1 is 1.15 bits per heavy atom. The van der Waals surface area contributed by atoms with Gasteiger partial charge in [-0.15, -0.1) is 0 Å². The van der Waals surface area contributed by atoms with Crippen molar-refractivity contribution in [1.29, 1.82) is 0 Å². The topological polar surface area (TPSA) is 142 Å². The number of likely N-dealkylation sites (N-methyl/N-ethyl adjacent to an activating group) is 1. The van der Waals surface area contributed by atoms with Gasteiger partial charge in [0.15, 0.2) is 0 Å². The molecule has 1 aromatic carbocycles. The zero-order valence-electron chi connectivity index (χ0n) is 18.6. The number of carbonyl (C=O) groups is 2. The fraction of sp³-hybridized carbons (Fsp3) is 0.273. The monoisotopic (exact) mass is 481 g/mol. The highest BCUT2D eigenvalue weighted by molar-refractivity contribution is 8.18. The highest BCUT2D eigenvalue weighted by Crippen LogP contribution is 2.26. The normalized spacial score (nSPS) is 14.7. The van der Waals surface area contributed by atoms with Gasteiger partial charge in [-0.2, -0.15) is 4.98 Å². The Labute approximate surface area is 199 Å². The molecule has 0 saturated carbocycles. The lowest BCUT2D eigenvalue weighted by Gasteiger charge is -2.12. The van der Waals surface area contributed by atoms with E-state index in [1.807, 2.05) is 25.1 Å². The molecule has 1 saturated heterocycles. The number of amides is 2. The van der Waals surface area contributed by atoms with Crippen molar-refractivity contribution >= 4 is 45.8 Å². The molecule has 2 amide bonds. The van der Waals surface area contributed by atoms with Crippen LogP contribution in [0.25, 0.3) is 17.0 Å². The van der Waals surface area contributed by atoms with Gasteiger partial charge in [0.25, 0.3) is 16.7 Å². The van der Waals surface area contributed by atoms with Gasteiger partial charge in [0.2, 0.25) is 11.8 Å². The number of nitrogens with zero attached hydrogens (tertiary/aromatic N) is 4. The summed E-state index contributed by atoms with van der Waals surface area (Å²) in [6, 6.07) is 8.75. The van der Waals surface area contributed by atoms with Crippen LogP contribution in [-0.2, 0) is 11.2 Å². The van der Waals surface area contributed by atoms with Gasteiger partial charge in [0.05, 0.1) is 21.5 Å². The summed E-state index contributed by atoms with van der Waals surface area (Å²) in [5, 5.41) is 5.43. The van der Waals surface area contributed by atoms with E-state index in [0.29, 0.717) is 54.4 Å². The maximum absolute atomic E-state index is 12.3. The van der Waals surface area contributed by atoms with Crippen LogP contribution in [0.4, 0.5) is 10.7 Å². The van der Waals surface area contributed by atoms with Crippen molar-refractivity contribution in [3.05, 3.63) is 57.1 Å². The first kappa shape index (κ1) is 23.4. The minimum Gasteiger partial charge on any atom is -0.476 e. The van der Waals surface area contributed by atoms with Crippen LogP contribution in [0.15, 0.2) is 40.0 Å². The van der Waals surface area contributed by atoms with E-state index in [9.17, 15) is 14.4 Å². The number of nitrogens with one attached hydrogen (secondary N) is 3. The molecule has 0 unspecified atom stereocenters. The minimum absolute atomic E-state index is 0.191. The average molecular weight is 482 g/mol. The van der Waals surface area contributed by atoms with Gasteiger partial charge in [-0.3, -0.25) is 19.7 Å². The smallest absolute Gasteiger partial charge is 0.290 e. The highest BCUT2D eigenvalue weighted by atomic mass is 32.2. The number of hydrogen-bond donors (Lipinski definition) is 3. The molecule has 176 valence electrons. The number of hydrogen-bond acceptors (Lipinski definition) is 10. The summed E-state index contributed by atoms with van der Waals surface area (Å²) in [7, 11) is 3.87. The Hall–Kier alpha value is -3.77. The van der Waals surface area contributed by atoms with E-state index < -0.39 is 11.1 Å². The number of rotatable bonds is 9. The van der Waals surface area contributed by atoms with E-state index in [-0.39, 0.29) is 16.4 Å². The van der Waals surface area contributed by atoms with Gasteiger partial charge in [0, 0.05) is 25.6 Å². The lowest BCUT2D eigenvalue weighted by molar-refractivity contribution is -0.115. The number of benzene rings is 1. The van der Waals surface area contributed by atoms with E-state index in [1.54, 1.807) is 24.3 Å². The maximum atomic E-state index is 12.3. The van der Waals surface area contributed by atoms with Crippen LogP contribution < -0.4 is 20.9 Å². The molecule has 12 heteroatoms. The van der Waals surface area contributed by atoms with E-state index >= 15 is 0 Å². The molecule has 0 radical (unpaired) electrons. The Morgan fingerprint density at radius 2 is 1.97 bits per heavy atom. The zero-order chi connectivity index (χ0) is 24.1. The van der Waals surface area contributed by atoms with E-state index in [0.717, 1.165) is 11.8 Å². The van der Waals surface area contributed by atoms with E-state index in [2.05, 4.69) is 30.6 Å². The van der Waals surface area contributed by atoms with Crippen LogP contribution in [0, 0.1) is 0 Å². The van der Waals surface area contributed by atoms with Crippen molar-refractivity contribution in [3.8, 4) is 5.88 Å². The molecule has 4 rings (SSSR count). The molecule has 0 aliphatic carbocycles. The molecule has 0 bridgehead atoms. The largest absolute Gasteiger partial charge is 0.476 e. The first-order valence-electron chi connectivity index (χ1n) is 10.5. The summed E-state index contributed by atoms with van der Waals surface area (Å²) in [5.41, 5.74) is 0.857. The molecule has 1 aliphatic rings. The summed E-state index contributed by atoms with van der Waals surface area (Å²) in [5.74, 6) is 0.684. The number of carbonyl (C=O) groups excluding carboxylic acids is 2. The molecule has 1 aliphatic heterocycles. The number of thioether (sulfide) groups is 1. The number of anilines is 1. The number of fused-ring (bicyclic) bond motifs is 1. The average Bonchev–Trinajstić information content (AvgIpc) is 3.10. The van der Waals surface area contributed by atoms with E-state index in [4.69, 9.17) is 4.74 Å². The second-order valence-electron chi connectivity index (χ2n) is 7.67. The summed E-state index contributed by atoms with van der Waals surface area (Å²) in [6.07, 6.45) is 1.94. The molecule has 11 nitrogen and oxygen atoms in total. The summed E-state index contributed by atoms with van der Waals surface area (Å²) in [4.78, 5) is 53.9. The third kappa shape index (κ3) is 5.97. The lowest BCUT2D eigenvalue weighted by Crippen LogP contribution is -2.20. The number of ether oxygens (including phenoxy) is 1. The van der Waals surface area contributed by atoms with Crippen molar-refractivity contribution in [2.45, 2.75) is 6.42 Å². The third-order valence-corrected chi connectivity index (χ3v) is 5.55. The van der Waals surface area contributed by atoms with Crippen molar-refractivity contribution in [3.63, 3.8) is 0 Å².